The van der Waals surface area contributed by atoms with Crippen LogP contribution in [0.2, 0.25) is 0 Å². The van der Waals surface area contributed by atoms with Gasteiger partial charge in [0.2, 0.25) is 9.84 Å². The maximum absolute atomic E-state index is 13.2. The van der Waals surface area contributed by atoms with Gasteiger partial charge in [-0.1, -0.05) is 18.2 Å². The summed E-state index contributed by atoms with van der Waals surface area (Å²) in [5.74, 6) is 1.16. The molecule has 7 heteroatoms. The van der Waals surface area contributed by atoms with Gasteiger partial charge in [0.05, 0.1) is 16.4 Å². The van der Waals surface area contributed by atoms with Gasteiger partial charge in [0.15, 0.2) is 0 Å². The number of H-pyrrole nitrogens is 1. The monoisotopic (exact) mass is 434 g/mol. The van der Waals surface area contributed by atoms with Crippen LogP contribution in [0.15, 0.2) is 81.6 Å². The molecule has 0 amide bonds. The molecule has 0 aliphatic heterocycles. The van der Waals surface area contributed by atoms with E-state index in [4.69, 9.17) is 4.74 Å². The fraction of sp³-hybridized carbons (Fsp3) is 0.208. The molecule has 4 aromatic rings. The van der Waals surface area contributed by atoms with Crippen LogP contribution in [-0.4, -0.2) is 24.6 Å². The van der Waals surface area contributed by atoms with E-state index < -0.39 is 9.84 Å². The standard InChI is InChI=1S/C24H22N2O4S/c1-26-14-21(19-11-12-25-23(19)24(26)27)20-13-18(9-10-22(20)30-15-16-7-8-16)31(28,29)17-5-3-2-4-6-17/h2-6,9-14,16,25H,7-8,15H2,1H3. The molecule has 2 aromatic heterocycles. The fourth-order valence-corrected chi connectivity index (χ4v) is 5.03. The van der Waals surface area contributed by atoms with Crippen LogP contribution in [0.3, 0.4) is 0 Å². The summed E-state index contributed by atoms with van der Waals surface area (Å²) >= 11 is 0. The third kappa shape index (κ3) is 3.55. The van der Waals surface area contributed by atoms with Crippen LogP contribution in [0.1, 0.15) is 12.8 Å². The number of aryl methyl sites for hydroxylation is 1. The van der Waals surface area contributed by atoms with Gasteiger partial charge in [0.1, 0.15) is 11.3 Å². The highest BCUT2D eigenvalue weighted by atomic mass is 32.2. The Morgan fingerprint density at radius 1 is 1.03 bits per heavy atom. The molecule has 1 fully saturated rings. The first-order valence-corrected chi connectivity index (χ1v) is 11.7. The molecule has 158 valence electrons. The summed E-state index contributed by atoms with van der Waals surface area (Å²) in [4.78, 5) is 15.9. The van der Waals surface area contributed by atoms with Crippen molar-refractivity contribution in [2.24, 2.45) is 13.0 Å². The number of hydrogen-bond donors (Lipinski definition) is 1. The number of benzene rings is 2. The van der Waals surface area contributed by atoms with Crippen LogP contribution >= 0.6 is 0 Å². The van der Waals surface area contributed by atoms with E-state index in [2.05, 4.69) is 4.98 Å². The number of sulfone groups is 1. The van der Waals surface area contributed by atoms with Gasteiger partial charge < -0.3 is 14.3 Å². The molecule has 0 saturated heterocycles. The van der Waals surface area contributed by atoms with E-state index in [9.17, 15) is 13.2 Å². The van der Waals surface area contributed by atoms with Crippen molar-refractivity contribution >= 4 is 20.7 Å². The van der Waals surface area contributed by atoms with Crippen molar-refractivity contribution in [1.82, 2.24) is 9.55 Å². The van der Waals surface area contributed by atoms with Crippen LogP contribution in [0.5, 0.6) is 5.75 Å². The van der Waals surface area contributed by atoms with Gasteiger partial charge in [-0.05, 0) is 55.2 Å². The Bertz CT molecular complexity index is 1430. The fourth-order valence-electron chi connectivity index (χ4n) is 3.72. The molecule has 1 N–H and O–H groups in total. The molecule has 5 rings (SSSR count). The minimum Gasteiger partial charge on any atom is -0.493 e. The van der Waals surface area contributed by atoms with E-state index in [0.717, 1.165) is 23.8 Å². The van der Waals surface area contributed by atoms with Crippen LogP contribution < -0.4 is 10.3 Å². The summed E-state index contributed by atoms with van der Waals surface area (Å²) in [7, 11) is -2.01. The van der Waals surface area contributed by atoms with Crippen LogP contribution in [-0.2, 0) is 16.9 Å². The van der Waals surface area contributed by atoms with Crippen molar-refractivity contribution in [2.75, 3.05) is 6.61 Å². The lowest BCUT2D eigenvalue weighted by molar-refractivity contribution is 0.301. The maximum atomic E-state index is 13.2. The second-order valence-corrected chi connectivity index (χ2v) is 9.90. The molecule has 0 bridgehead atoms. The van der Waals surface area contributed by atoms with E-state index >= 15 is 0 Å². The number of aromatic nitrogens is 2. The Morgan fingerprint density at radius 2 is 1.81 bits per heavy atom. The Kier molecular flexibility index (Phi) is 4.70. The lowest BCUT2D eigenvalue weighted by atomic mass is 10.0. The number of ether oxygens (including phenoxy) is 1. The minimum atomic E-state index is -3.70. The average molecular weight is 435 g/mol. The number of hydrogen-bond acceptors (Lipinski definition) is 4. The molecule has 1 aliphatic rings. The first kappa shape index (κ1) is 19.6. The molecule has 1 aliphatic carbocycles. The summed E-state index contributed by atoms with van der Waals surface area (Å²) in [6.45, 7) is 0.597. The van der Waals surface area contributed by atoms with E-state index in [1.807, 2.05) is 6.07 Å². The zero-order chi connectivity index (χ0) is 21.6. The van der Waals surface area contributed by atoms with Crippen molar-refractivity contribution in [3.05, 3.63) is 77.3 Å². The van der Waals surface area contributed by atoms with Crippen molar-refractivity contribution in [3.8, 4) is 16.9 Å². The van der Waals surface area contributed by atoms with Crippen molar-refractivity contribution in [3.63, 3.8) is 0 Å². The lowest BCUT2D eigenvalue weighted by Crippen LogP contribution is -2.16. The average Bonchev–Trinajstić information content (AvgIpc) is 3.49. The number of nitrogens with zero attached hydrogens (tertiary/aromatic N) is 1. The highest BCUT2D eigenvalue weighted by Crippen LogP contribution is 2.38. The molecule has 31 heavy (non-hydrogen) atoms. The molecule has 6 nitrogen and oxygen atoms in total. The predicted octanol–water partition coefficient (Wildman–Crippen LogP) is 4.16. The van der Waals surface area contributed by atoms with E-state index in [1.165, 1.54) is 4.57 Å². The Labute approximate surface area is 180 Å². The van der Waals surface area contributed by atoms with Crippen molar-refractivity contribution < 1.29 is 13.2 Å². The zero-order valence-corrected chi connectivity index (χ0v) is 17.9. The van der Waals surface area contributed by atoms with Gasteiger partial charge in [0, 0.05) is 36.0 Å². The number of nitrogens with one attached hydrogen (secondary N) is 1. The second kappa shape index (κ2) is 7.42. The molecule has 0 spiro atoms. The first-order chi connectivity index (χ1) is 14.9. The van der Waals surface area contributed by atoms with Gasteiger partial charge in [-0.15, -0.1) is 0 Å². The SMILES string of the molecule is Cn1cc(-c2cc(S(=O)(=O)c3ccccc3)ccc2OCC2CC2)c2cc[nH]c2c1=O. The number of rotatable bonds is 6. The van der Waals surface area contributed by atoms with Crippen LogP contribution in [0.4, 0.5) is 0 Å². The first-order valence-electron chi connectivity index (χ1n) is 10.2. The number of pyridine rings is 1. The van der Waals surface area contributed by atoms with Crippen molar-refractivity contribution in [1.29, 1.82) is 0 Å². The van der Waals surface area contributed by atoms with Crippen molar-refractivity contribution in [2.45, 2.75) is 22.6 Å². The summed E-state index contributed by atoms with van der Waals surface area (Å²) in [6, 6.07) is 15.2. The van der Waals surface area contributed by atoms with Gasteiger partial charge in [-0.3, -0.25) is 4.79 Å². The summed E-state index contributed by atoms with van der Waals surface area (Å²) in [6.07, 6.45) is 5.75. The molecule has 1 saturated carbocycles. The molecule has 2 aromatic carbocycles. The summed E-state index contributed by atoms with van der Waals surface area (Å²) in [5.41, 5.74) is 1.73. The van der Waals surface area contributed by atoms with Crippen LogP contribution in [0, 0.1) is 5.92 Å². The molecular weight excluding hydrogens is 412 g/mol. The van der Waals surface area contributed by atoms with Crippen LogP contribution in [0.25, 0.3) is 22.0 Å². The Morgan fingerprint density at radius 3 is 2.55 bits per heavy atom. The Balaban J connectivity index is 1.71. The molecule has 0 atom stereocenters. The smallest absolute Gasteiger partial charge is 0.274 e. The zero-order valence-electron chi connectivity index (χ0n) is 17.0. The van der Waals surface area contributed by atoms with Gasteiger partial charge in [0.25, 0.3) is 5.56 Å². The van der Waals surface area contributed by atoms with Gasteiger partial charge >= 0.3 is 0 Å². The molecule has 0 unspecified atom stereocenters. The third-order valence-corrected chi connectivity index (χ3v) is 7.44. The number of fused-ring (bicyclic) bond motifs is 1. The highest BCUT2D eigenvalue weighted by molar-refractivity contribution is 7.91. The lowest BCUT2D eigenvalue weighted by Gasteiger charge is -2.15. The summed E-state index contributed by atoms with van der Waals surface area (Å²) in [5, 5.41) is 0.730. The quantitative estimate of drug-likeness (QED) is 0.494. The molecule has 0 radical (unpaired) electrons. The molecule has 2 heterocycles. The molecular formula is C24H22N2O4S. The predicted molar refractivity (Wildman–Crippen MR) is 119 cm³/mol. The second-order valence-electron chi connectivity index (χ2n) is 7.95. The topological polar surface area (TPSA) is 81.2 Å². The normalized spacial score (nSPS) is 14.1. The van der Waals surface area contributed by atoms with E-state index in [0.29, 0.717) is 29.4 Å². The van der Waals surface area contributed by atoms with Gasteiger partial charge in [-0.25, -0.2) is 8.42 Å². The Hall–Kier alpha value is -3.32. The van der Waals surface area contributed by atoms with E-state index in [-0.39, 0.29) is 15.4 Å². The summed E-state index contributed by atoms with van der Waals surface area (Å²) < 4.78 is 34.1. The van der Waals surface area contributed by atoms with E-state index in [1.54, 1.807) is 68.0 Å². The number of aromatic amines is 1. The largest absolute Gasteiger partial charge is 0.493 e. The minimum absolute atomic E-state index is 0.141. The third-order valence-electron chi connectivity index (χ3n) is 5.67. The maximum Gasteiger partial charge on any atom is 0.274 e. The highest BCUT2D eigenvalue weighted by Gasteiger charge is 2.25. The van der Waals surface area contributed by atoms with Gasteiger partial charge in [-0.2, -0.15) is 0 Å².